The number of carbonyl (C=O) groups is 1. The van der Waals surface area contributed by atoms with Gasteiger partial charge >= 0.3 is 0 Å². The van der Waals surface area contributed by atoms with E-state index in [4.69, 9.17) is 5.73 Å². The maximum Gasteiger partial charge on any atom is 0.224 e. The Morgan fingerprint density at radius 1 is 1.33 bits per heavy atom. The Kier molecular flexibility index (Phi) is 3.96. The number of anilines is 1. The highest BCUT2D eigenvalue weighted by atomic mass is 16.1. The summed E-state index contributed by atoms with van der Waals surface area (Å²) >= 11 is 0. The summed E-state index contributed by atoms with van der Waals surface area (Å²) in [6.07, 6.45) is 3.89. The molecule has 1 aromatic carbocycles. The molecule has 0 spiro atoms. The van der Waals surface area contributed by atoms with Gasteiger partial charge in [-0.2, -0.15) is 5.10 Å². The van der Waals surface area contributed by atoms with Crippen LogP contribution in [-0.4, -0.2) is 22.2 Å². The monoisotopic (exact) mass is 244 g/mol. The van der Waals surface area contributed by atoms with Crippen molar-refractivity contribution in [2.45, 2.75) is 13.0 Å². The van der Waals surface area contributed by atoms with Crippen molar-refractivity contribution in [2.24, 2.45) is 0 Å². The van der Waals surface area contributed by atoms with Gasteiger partial charge in [0.2, 0.25) is 5.91 Å². The number of para-hydroxylation sites is 1. The van der Waals surface area contributed by atoms with E-state index in [0.717, 1.165) is 5.56 Å². The van der Waals surface area contributed by atoms with Gasteiger partial charge in [0.1, 0.15) is 0 Å². The van der Waals surface area contributed by atoms with E-state index in [1.807, 2.05) is 30.5 Å². The first-order valence-electron chi connectivity index (χ1n) is 5.83. The molecule has 2 rings (SSSR count). The van der Waals surface area contributed by atoms with Gasteiger partial charge in [0.15, 0.2) is 0 Å². The second-order valence-corrected chi connectivity index (χ2v) is 3.99. The van der Waals surface area contributed by atoms with Gasteiger partial charge in [-0.25, -0.2) is 0 Å². The van der Waals surface area contributed by atoms with E-state index in [1.54, 1.807) is 16.9 Å². The molecule has 0 aliphatic rings. The topological polar surface area (TPSA) is 72.9 Å². The largest absolute Gasteiger partial charge is 0.398 e. The molecule has 5 nitrogen and oxygen atoms in total. The maximum atomic E-state index is 11.7. The van der Waals surface area contributed by atoms with Crippen LogP contribution in [-0.2, 0) is 17.8 Å². The Labute approximate surface area is 106 Å². The second kappa shape index (κ2) is 5.86. The average molecular weight is 244 g/mol. The minimum Gasteiger partial charge on any atom is -0.398 e. The molecule has 5 heteroatoms. The lowest BCUT2D eigenvalue weighted by Gasteiger charge is -2.07. The fourth-order valence-corrected chi connectivity index (χ4v) is 1.67. The molecule has 1 aromatic heterocycles. The fraction of sp³-hybridized carbons (Fsp3) is 0.231. The van der Waals surface area contributed by atoms with E-state index in [9.17, 15) is 4.79 Å². The number of nitrogens with zero attached hydrogens (tertiary/aromatic N) is 2. The molecule has 2 aromatic rings. The summed E-state index contributed by atoms with van der Waals surface area (Å²) in [5, 5.41) is 6.90. The van der Waals surface area contributed by atoms with Crippen molar-refractivity contribution in [3.63, 3.8) is 0 Å². The molecule has 0 radical (unpaired) electrons. The first kappa shape index (κ1) is 12.2. The minimum absolute atomic E-state index is 0.0277. The summed E-state index contributed by atoms with van der Waals surface area (Å²) < 4.78 is 1.77. The van der Waals surface area contributed by atoms with E-state index >= 15 is 0 Å². The van der Waals surface area contributed by atoms with Crippen LogP contribution in [0.15, 0.2) is 42.7 Å². The zero-order valence-electron chi connectivity index (χ0n) is 10.0. The highest BCUT2D eigenvalue weighted by molar-refractivity contribution is 5.80. The maximum absolute atomic E-state index is 11.7. The Balaban J connectivity index is 1.77. The Hall–Kier alpha value is -2.30. The van der Waals surface area contributed by atoms with E-state index in [2.05, 4.69) is 10.4 Å². The van der Waals surface area contributed by atoms with Crippen molar-refractivity contribution in [1.82, 2.24) is 15.1 Å². The van der Waals surface area contributed by atoms with Crippen LogP contribution >= 0.6 is 0 Å². The van der Waals surface area contributed by atoms with E-state index in [0.29, 0.717) is 25.2 Å². The second-order valence-electron chi connectivity index (χ2n) is 3.99. The number of amides is 1. The average Bonchev–Trinajstić information content (AvgIpc) is 2.85. The first-order chi connectivity index (χ1) is 8.75. The molecule has 0 fully saturated rings. The van der Waals surface area contributed by atoms with Gasteiger partial charge in [0, 0.05) is 24.6 Å². The lowest BCUT2D eigenvalue weighted by Crippen LogP contribution is -2.28. The first-order valence-corrected chi connectivity index (χ1v) is 5.83. The summed E-state index contributed by atoms with van der Waals surface area (Å²) in [5.41, 5.74) is 7.29. The van der Waals surface area contributed by atoms with Crippen LogP contribution in [0.5, 0.6) is 0 Å². The van der Waals surface area contributed by atoms with E-state index < -0.39 is 0 Å². The summed E-state index contributed by atoms with van der Waals surface area (Å²) in [4.78, 5) is 11.7. The highest BCUT2D eigenvalue weighted by Gasteiger charge is 2.05. The van der Waals surface area contributed by atoms with Crippen molar-refractivity contribution in [1.29, 1.82) is 0 Å². The van der Waals surface area contributed by atoms with Crippen molar-refractivity contribution >= 4 is 11.6 Å². The molecule has 0 saturated carbocycles. The van der Waals surface area contributed by atoms with Crippen LogP contribution in [0, 0.1) is 0 Å². The number of carbonyl (C=O) groups excluding carboxylic acids is 1. The number of nitrogens with two attached hydrogens (primary N) is 1. The van der Waals surface area contributed by atoms with Crippen LogP contribution in [0.2, 0.25) is 0 Å². The van der Waals surface area contributed by atoms with Gasteiger partial charge in [0.25, 0.3) is 0 Å². The number of hydrogen-bond acceptors (Lipinski definition) is 3. The predicted molar refractivity (Wildman–Crippen MR) is 69.8 cm³/mol. The summed E-state index contributed by atoms with van der Waals surface area (Å²) in [6.45, 7) is 1.23. The third kappa shape index (κ3) is 3.35. The third-order valence-electron chi connectivity index (χ3n) is 2.63. The number of benzene rings is 1. The normalized spacial score (nSPS) is 10.2. The lowest BCUT2D eigenvalue weighted by atomic mass is 10.1. The summed E-state index contributed by atoms with van der Waals surface area (Å²) in [6, 6.07) is 9.25. The lowest BCUT2D eigenvalue weighted by molar-refractivity contribution is -0.120. The standard InChI is InChI=1S/C13H16N4O/c14-12-5-2-1-4-11(12)10-13(18)15-7-9-17-8-3-6-16-17/h1-6,8H,7,9-10,14H2,(H,15,18). The van der Waals surface area contributed by atoms with Gasteiger partial charge in [-0.15, -0.1) is 0 Å². The molecule has 0 atom stereocenters. The van der Waals surface area contributed by atoms with Crippen LogP contribution in [0.25, 0.3) is 0 Å². The predicted octanol–water partition coefficient (Wildman–Crippen LogP) is 0.824. The SMILES string of the molecule is Nc1ccccc1CC(=O)NCCn1cccn1. The van der Waals surface area contributed by atoms with E-state index in [-0.39, 0.29) is 5.91 Å². The number of aromatic nitrogens is 2. The smallest absolute Gasteiger partial charge is 0.224 e. The minimum atomic E-state index is -0.0277. The number of nitrogen functional groups attached to an aromatic ring is 1. The molecular weight excluding hydrogens is 228 g/mol. The third-order valence-corrected chi connectivity index (χ3v) is 2.63. The zero-order valence-corrected chi connectivity index (χ0v) is 10.0. The van der Waals surface area contributed by atoms with Gasteiger partial charge in [-0.1, -0.05) is 18.2 Å². The van der Waals surface area contributed by atoms with Gasteiger partial charge in [-0.05, 0) is 17.7 Å². The number of rotatable bonds is 5. The molecular formula is C13H16N4O. The molecule has 18 heavy (non-hydrogen) atoms. The molecule has 0 saturated heterocycles. The van der Waals surface area contributed by atoms with Gasteiger partial charge < -0.3 is 11.1 Å². The summed E-state index contributed by atoms with van der Waals surface area (Å²) in [7, 11) is 0. The van der Waals surface area contributed by atoms with Gasteiger partial charge in [0.05, 0.1) is 13.0 Å². The zero-order chi connectivity index (χ0) is 12.8. The quantitative estimate of drug-likeness (QED) is 0.765. The highest BCUT2D eigenvalue weighted by Crippen LogP contribution is 2.10. The molecule has 1 amide bonds. The van der Waals surface area contributed by atoms with Crippen LogP contribution in [0.4, 0.5) is 5.69 Å². The number of hydrogen-bond donors (Lipinski definition) is 2. The van der Waals surface area contributed by atoms with Crippen LogP contribution < -0.4 is 11.1 Å². The van der Waals surface area contributed by atoms with Crippen LogP contribution in [0.3, 0.4) is 0 Å². The van der Waals surface area contributed by atoms with Crippen molar-refractivity contribution in [3.05, 3.63) is 48.3 Å². The van der Waals surface area contributed by atoms with Gasteiger partial charge in [-0.3, -0.25) is 9.48 Å². The molecule has 0 aliphatic carbocycles. The van der Waals surface area contributed by atoms with Crippen LogP contribution in [0.1, 0.15) is 5.56 Å². The molecule has 3 N–H and O–H groups in total. The van der Waals surface area contributed by atoms with Crippen molar-refractivity contribution in [2.75, 3.05) is 12.3 Å². The molecule has 1 heterocycles. The molecule has 94 valence electrons. The fourth-order valence-electron chi connectivity index (χ4n) is 1.67. The Morgan fingerprint density at radius 2 is 2.17 bits per heavy atom. The molecule has 0 aliphatic heterocycles. The Bertz CT molecular complexity index is 507. The van der Waals surface area contributed by atoms with Crippen molar-refractivity contribution < 1.29 is 4.79 Å². The Morgan fingerprint density at radius 3 is 2.89 bits per heavy atom. The summed E-state index contributed by atoms with van der Waals surface area (Å²) in [5.74, 6) is -0.0277. The number of nitrogens with one attached hydrogen (secondary N) is 1. The van der Waals surface area contributed by atoms with E-state index in [1.165, 1.54) is 0 Å². The molecule has 0 bridgehead atoms. The van der Waals surface area contributed by atoms with Crippen molar-refractivity contribution in [3.8, 4) is 0 Å². The molecule has 0 unspecified atom stereocenters.